The van der Waals surface area contributed by atoms with E-state index < -0.39 is 5.97 Å². The van der Waals surface area contributed by atoms with Crippen LogP contribution in [0.5, 0.6) is 5.75 Å². The van der Waals surface area contributed by atoms with Crippen molar-refractivity contribution in [3.8, 4) is 11.4 Å². The second kappa shape index (κ2) is 5.28. The molecule has 0 amide bonds. The van der Waals surface area contributed by atoms with E-state index in [4.69, 9.17) is 4.74 Å². The molecule has 0 radical (unpaired) electrons. The SMILES string of the molecule is CCOc1cccc(-n2cnc3cccc(C(=O)O)c32)c1. The highest BCUT2D eigenvalue weighted by atomic mass is 16.5. The van der Waals surface area contributed by atoms with Crippen LogP contribution in [0.15, 0.2) is 48.8 Å². The van der Waals surface area contributed by atoms with Gasteiger partial charge in [0.15, 0.2) is 0 Å². The highest BCUT2D eigenvalue weighted by Crippen LogP contribution is 2.24. The van der Waals surface area contributed by atoms with Gasteiger partial charge in [0, 0.05) is 6.07 Å². The zero-order valence-corrected chi connectivity index (χ0v) is 11.5. The smallest absolute Gasteiger partial charge is 0.337 e. The Hall–Kier alpha value is -2.82. The summed E-state index contributed by atoms with van der Waals surface area (Å²) in [6, 6.07) is 12.6. The largest absolute Gasteiger partial charge is 0.494 e. The van der Waals surface area contributed by atoms with Gasteiger partial charge in [-0.2, -0.15) is 0 Å². The molecule has 0 saturated carbocycles. The summed E-state index contributed by atoms with van der Waals surface area (Å²) < 4.78 is 7.25. The standard InChI is InChI=1S/C16H14N2O3/c1-2-21-12-6-3-5-11(9-12)18-10-17-14-8-4-7-13(15(14)18)16(19)20/h3-10H,2H2,1H3,(H,19,20). The Bertz CT molecular complexity index is 808. The van der Waals surface area contributed by atoms with Crippen molar-refractivity contribution in [1.82, 2.24) is 9.55 Å². The molecule has 0 fully saturated rings. The second-order valence-electron chi connectivity index (χ2n) is 4.52. The maximum atomic E-state index is 11.4. The number of aromatic carboxylic acids is 1. The van der Waals surface area contributed by atoms with Gasteiger partial charge in [0.1, 0.15) is 12.1 Å². The molecular weight excluding hydrogens is 268 g/mol. The third-order valence-corrected chi connectivity index (χ3v) is 3.21. The van der Waals surface area contributed by atoms with Gasteiger partial charge in [0.25, 0.3) is 0 Å². The van der Waals surface area contributed by atoms with Crippen LogP contribution < -0.4 is 4.74 Å². The van der Waals surface area contributed by atoms with Crippen LogP contribution >= 0.6 is 0 Å². The van der Waals surface area contributed by atoms with Crippen molar-refractivity contribution >= 4 is 17.0 Å². The Labute approximate surface area is 121 Å². The summed E-state index contributed by atoms with van der Waals surface area (Å²) in [5.41, 5.74) is 2.28. The molecule has 0 aliphatic rings. The topological polar surface area (TPSA) is 64.4 Å². The van der Waals surface area contributed by atoms with E-state index in [2.05, 4.69) is 4.98 Å². The lowest BCUT2D eigenvalue weighted by Crippen LogP contribution is -2.02. The number of aromatic nitrogens is 2. The fourth-order valence-corrected chi connectivity index (χ4v) is 2.32. The zero-order chi connectivity index (χ0) is 14.8. The number of fused-ring (bicyclic) bond motifs is 1. The van der Waals surface area contributed by atoms with Crippen LogP contribution in [0.3, 0.4) is 0 Å². The molecule has 0 spiro atoms. The molecule has 1 heterocycles. The maximum Gasteiger partial charge on any atom is 0.337 e. The molecule has 1 N–H and O–H groups in total. The van der Waals surface area contributed by atoms with Crippen molar-refractivity contribution in [2.45, 2.75) is 6.92 Å². The minimum absolute atomic E-state index is 0.229. The van der Waals surface area contributed by atoms with Crippen LogP contribution in [0.4, 0.5) is 0 Å². The predicted molar refractivity (Wildman–Crippen MR) is 79.2 cm³/mol. The normalized spacial score (nSPS) is 10.7. The van der Waals surface area contributed by atoms with Crippen LogP contribution in [0.1, 0.15) is 17.3 Å². The van der Waals surface area contributed by atoms with Gasteiger partial charge in [-0.05, 0) is 31.2 Å². The van der Waals surface area contributed by atoms with Gasteiger partial charge in [-0.1, -0.05) is 12.1 Å². The minimum atomic E-state index is -0.969. The Balaban J connectivity index is 2.21. The minimum Gasteiger partial charge on any atom is -0.494 e. The average molecular weight is 282 g/mol. The highest BCUT2D eigenvalue weighted by Gasteiger charge is 2.14. The number of nitrogens with zero attached hydrogens (tertiary/aromatic N) is 2. The molecule has 1 aromatic heterocycles. The highest BCUT2D eigenvalue weighted by molar-refractivity contribution is 6.01. The fourth-order valence-electron chi connectivity index (χ4n) is 2.32. The number of hydrogen-bond acceptors (Lipinski definition) is 3. The van der Waals surface area contributed by atoms with E-state index in [0.29, 0.717) is 17.6 Å². The molecule has 5 nitrogen and oxygen atoms in total. The summed E-state index contributed by atoms with van der Waals surface area (Å²) in [4.78, 5) is 15.7. The van der Waals surface area contributed by atoms with Crippen LogP contribution in [0.25, 0.3) is 16.7 Å². The lowest BCUT2D eigenvalue weighted by molar-refractivity contribution is 0.0698. The third-order valence-electron chi connectivity index (χ3n) is 3.21. The first-order valence-corrected chi connectivity index (χ1v) is 6.63. The summed E-state index contributed by atoms with van der Waals surface area (Å²) in [6.07, 6.45) is 1.63. The number of carbonyl (C=O) groups is 1. The number of benzene rings is 2. The molecule has 5 heteroatoms. The quantitative estimate of drug-likeness (QED) is 0.798. The number of carboxylic acid groups (broad SMARTS) is 1. The third kappa shape index (κ3) is 2.33. The molecule has 3 rings (SSSR count). The molecule has 21 heavy (non-hydrogen) atoms. The second-order valence-corrected chi connectivity index (χ2v) is 4.52. The van der Waals surface area contributed by atoms with Crippen molar-refractivity contribution in [2.24, 2.45) is 0 Å². The Kier molecular flexibility index (Phi) is 3.31. The van der Waals surface area contributed by atoms with Gasteiger partial charge in [-0.25, -0.2) is 9.78 Å². The number of para-hydroxylation sites is 1. The molecule has 2 aromatic carbocycles. The zero-order valence-electron chi connectivity index (χ0n) is 11.5. The summed E-state index contributed by atoms with van der Waals surface area (Å²) in [6.45, 7) is 2.50. The molecule has 0 saturated heterocycles. The number of imidazole rings is 1. The summed E-state index contributed by atoms with van der Waals surface area (Å²) in [5, 5.41) is 9.35. The monoisotopic (exact) mass is 282 g/mol. The molecule has 106 valence electrons. The average Bonchev–Trinajstić information content (AvgIpc) is 2.91. The van der Waals surface area contributed by atoms with Crippen molar-refractivity contribution in [3.63, 3.8) is 0 Å². The van der Waals surface area contributed by atoms with Crippen molar-refractivity contribution < 1.29 is 14.6 Å². The molecule has 3 aromatic rings. The fraction of sp³-hybridized carbons (Fsp3) is 0.125. The van der Waals surface area contributed by atoms with Gasteiger partial charge in [-0.15, -0.1) is 0 Å². The lowest BCUT2D eigenvalue weighted by atomic mass is 10.1. The molecule has 0 aliphatic heterocycles. The first kappa shape index (κ1) is 13.2. The van der Waals surface area contributed by atoms with Gasteiger partial charge >= 0.3 is 5.97 Å². The van der Waals surface area contributed by atoms with Gasteiger partial charge in [0.2, 0.25) is 0 Å². The van der Waals surface area contributed by atoms with Crippen LogP contribution in [0, 0.1) is 0 Å². The van der Waals surface area contributed by atoms with Crippen molar-refractivity contribution in [2.75, 3.05) is 6.61 Å². The molecule has 0 aliphatic carbocycles. The Morgan fingerprint density at radius 2 is 2.10 bits per heavy atom. The first-order chi connectivity index (χ1) is 10.2. The number of ether oxygens (including phenoxy) is 1. The van der Waals surface area contributed by atoms with E-state index >= 15 is 0 Å². The van der Waals surface area contributed by atoms with Gasteiger partial charge in [-0.3, -0.25) is 4.57 Å². The first-order valence-electron chi connectivity index (χ1n) is 6.63. The van der Waals surface area contributed by atoms with Crippen LogP contribution in [0.2, 0.25) is 0 Å². The Morgan fingerprint density at radius 3 is 2.86 bits per heavy atom. The molecular formula is C16H14N2O3. The maximum absolute atomic E-state index is 11.4. The van der Waals surface area contributed by atoms with Crippen LogP contribution in [-0.2, 0) is 0 Å². The van der Waals surface area contributed by atoms with E-state index in [-0.39, 0.29) is 5.56 Å². The molecule has 0 bridgehead atoms. The van der Waals surface area contributed by atoms with E-state index in [1.165, 1.54) is 0 Å². The number of hydrogen-bond donors (Lipinski definition) is 1. The van der Waals surface area contributed by atoms with E-state index in [9.17, 15) is 9.90 Å². The van der Waals surface area contributed by atoms with Crippen molar-refractivity contribution in [1.29, 1.82) is 0 Å². The summed E-state index contributed by atoms with van der Waals surface area (Å²) in [5.74, 6) is -0.229. The molecule has 0 unspecified atom stereocenters. The van der Waals surface area contributed by atoms with Gasteiger partial charge < -0.3 is 9.84 Å². The predicted octanol–water partition coefficient (Wildman–Crippen LogP) is 3.12. The van der Waals surface area contributed by atoms with E-state index in [1.54, 1.807) is 29.1 Å². The van der Waals surface area contributed by atoms with E-state index in [0.717, 1.165) is 11.4 Å². The number of rotatable bonds is 4. The molecule has 0 atom stereocenters. The van der Waals surface area contributed by atoms with E-state index in [1.807, 2.05) is 31.2 Å². The summed E-state index contributed by atoms with van der Waals surface area (Å²) in [7, 11) is 0. The Morgan fingerprint density at radius 1 is 1.29 bits per heavy atom. The van der Waals surface area contributed by atoms with Crippen LogP contribution in [-0.4, -0.2) is 27.2 Å². The summed E-state index contributed by atoms with van der Waals surface area (Å²) >= 11 is 0. The van der Waals surface area contributed by atoms with Gasteiger partial charge in [0.05, 0.1) is 28.9 Å². The lowest BCUT2D eigenvalue weighted by Gasteiger charge is -2.09. The number of carboxylic acids is 1. The van der Waals surface area contributed by atoms with Crippen molar-refractivity contribution in [3.05, 3.63) is 54.4 Å².